The van der Waals surface area contributed by atoms with Crippen molar-refractivity contribution >= 4 is 33.2 Å². The molecule has 19 heavy (non-hydrogen) atoms. The molecule has 1 fully saturated rings. The van der Waals surface area contributed by atoms with Crippen LogP contribution in [0, 0.1) is 0 Å². The van der Waals surface area contributed by atoms with Crippen LogP contribution >= 0.6 is 27.3 Å². The van der Waals surface area contributed by atoms with E-state index in [1.807, 2.05) is 18.4 Å². The Hall–Kier alpha value is -0.430. The molecule has 2 rings (SSSR count). The third-order valence-electron chi connectivity index (χ3n) is 2.97. The second kappa shape index (κ2) is 7.38. The molecule has 4 nitrogen and oxygen atoms in total. The Bertz CT molecular complexity index is 418. The fourth-order valence-corrected chi connectivity index (χ4v) is 3.57. The highest BCUT2D eigenvalue weighted by molar-refractivity contribution is 9.10. The number of halogens is 1. The molecule has 6 heteroatoms. The SMILES string of the molecule is CCOC(=O)C(NCC1CCCO1)c1cc(Br)cs1. The maximum absolute atomic E-state index is 12.0. The summed E-state index contributed by atoms with van der Waals surface area (Å²) in [5, 5.41) is 5.23. The van der Waals surface area contributed by atoms with Crippen molar-refractivity contribution in [3.05, 3.63) is 20.8 Å². The van der Waals surface area contributed by atoms with Gasteiger partial charge in [0.25, 0.3) is 0 Å². The molecule has 0 aliphatic carbocycles. The number of carbonyl (C=O) groups excluding carboxylic acids is 1. The smallest absolute Gasteiger partial charge is 0.328 e. The van der Waals surface area contributed by atoms with Crippen LogP contribution in [-0.4, -0.2) is 31.8 Å². The van der Waals surface area contributed by atoms with Crippen molar-refractivity contribution in [1.82, 2.24) is 5.32 Å². The van der Waals surface area contributed by atoms with Gasteiger partial charge in [0.1, 0.15) is 6.04 Å². The van der Waals surface area contributed by atoms with Crippen LogP contribution < -0.4 is 5.32 Å². The number of thiophene rings is 1. The highest BCUT2D eigenvalue weighted by Gasteiger charge is 2.25. The van der Waals surface area contributed by atoms with E-state index >= 15 is 0 Å². The first-order chi connectivity index (χ1) is 9.20. The van der Waals surface area contributed by atoms with Gasteiger partial charge in [-0.3, -0.25) is 5.32 Å². The van der Waals surface area contributed by atoms with Crippen LogP contribution in [0.4, 0.5) is 0 Å². The van der Waals surface area contributed by atoms with Gasteiger partial charge in [-0.15, -0.1) is 11.3 Å². The van der Waals surface area contributed by atoms with E-state index < -0.39 is 6.04 Å². The minimum atomic E-state index is -0.402. The second-order valence-electron chi connectivity index (χ2n) is 4.40. The minimum absolute atomic E-state index is 0.209. The van der Waals surface area contributed by atoms with E-state index in [4.69, 9.17) is 9.47 Å². The molecule has 1 aliphatic heterocycles. The zero-order valence-corrected chi connectivity index (χ0v) is 13.3. The van der Waals surface area contributed by atoms with Gasteiger partial charge < -0.3 is 9.47 Å². The summed E-state index contributed by atoms with van der Waals surface area (Å²) in [4.78, 5) is 13.0. The fraction of sp³-hybridized carbons (Fsp3) is 0.615. The number of ether oxygens (including phenoxy) is 2. The van der Waals surface area contributed by atoms with E-state index in [0.29, 0.717) is 13.2 Å². The van der Waals surface area contributed by atoms with Crippen molar-refractivity contribution in [3.63, 3.8) is 0 Å². The first kappa shape index (κ1) is 15.0. The first-order valence-electron chi connectivity index (χ1n) is 6.46. The van der Waals surface area contributed by atoms with E-state index in [1.165, 1.54) is 0 Å². The van der Waals surface area contributed by atoms with Crippen molar-refractivity contribution in [1.29, 1.82) is 0 Å². The van der Waals surface area contributed by atoms with Crippen LogP contribution in [0.25, 0.3) is 0 Å². The number of hydrogen-bond acceptors (Lipinski definition) is 5. The van der Waals surface area contributed by atoms with Gasteiger partial charge in [0.15, 0.2) is 0 Å². The van der Waals surface area contributed by atoms with E-state index in [2.05, 4.69) is 21.2 Å². The van der Waals surface area contributed by atoms with Crippen molar-refractivity contribution < 1.29 is 14.3 Å². The summed E-state index contributed by atoms with van der Waals surface area (Å²) < 4.78 is 11.7. The van der Waals surface area contributed by atoms with E-state index in [9.17, 15) is 4.79 Å². The fourth-order valence-electron chi connectivity index (χ4n) is 2.06. The van der Waals surface area contributed by atoms with E-state index in [-0.39, 0.29) is 12.1 Å². The van der Waals surface area contributed by atoms with Crippen molar-refractivity contribution in [2.24, 2.45) is 0 Å². The highest BCUT2D eigenvalue weighted by Crippen LogP contribution is 2.27. The first-order valence-corrected chi connectivity index (χ1v) is 8.13. The summed E-state index contributed by atoms with van der Waals surface area (Å²) in [5.74, 6) is -0.227. The van der Waals surface area contributed by atoms with Gasteiger partial charge in [0.2, 0.25) is 0 Å². The molecule has 0 saturated carbocycles. The number of esters is 1. The lowest BCUT2D eigenvalue weighted by atomic mass is 10.2. The molecule has 1 aromatic heterocycles. The molecule has 1 saturated heterocycles. The van der Waals surface area contributed by atoms with Crippen molar-refractivity contribution in [2.45, 2.75) is 31.9 Å². The van der Waals surface area contributed by atoms with E-state index in [1.54, 1.807) is 11.3 Å². The largest absolute Gasteiger partial charge is 0.465 e. The van der Waals surface area contributed by atoms with Crippen molar-refractivity contribution in [2.75, 3.05) is 19.8 Å². The Balaban J connectivity index is 1.98. The van der Waals surface area contributed by atoms with E-state index in [0.717, 1.165) is 28.8 Å². The lowest BCUT2D eigenvalue weighted by Crippen LogP contribution is -2.35. The van der Waals surface area contributed by atoms with Gasteiger partial charge in [-0.25, -0.2) is 4.79 Å². The number of rotatable bonds is 6. The molecule has 1 N–H and O–H groups in total. The predicted octanol–water partition coefficient (Wildman–Crippen LogP) is 2.88. The maximum atomic E-state index is 12.0. The van der Waals surface area contributed by atoms with Crippen LogP contribution in [0.5, 0.6) is 0 Å². The van der Waals surface area contributed by atoms with Gasteiger partial charge in [-0.05, 0) is 41.8 Å². The maximum Gasteiger partial charge on any atom is 0.328 e. The number of hydrogen-bond donors (Lipinski definition) is 1. The third-order valence-corrected chi connectivity index (χ3v) is 4.73. The molecule has 0 amide bonds. The molecule has 2 atom stereocenters. The molecule has 0 spiro atoms. The molecule has 0 bridgehead atoms. The summed E-state index contributed by atoms with van der Waals surface area (Å²) in [5.41, 5.74) is 0. The normalized spacial score (nSPS) is 20.4. The Morgan fingerprint density at radius 1 is 1.74 bits per heavy atom. The van der Waals surface area contributed by atoms with Crippen LogP contribution in [0.1, 0.15) is 30.7 Å². The standard InChI is InChI=1S/C13H18BrNO3S/c1-2-17-13(16)12(11-6-9(14)8-19-11)15-7-10-4-3-5-18-10/h6,8,10,12,15H,2-5,7H2,1H3. The summed E-state index contributed by atoms with van der Waals surface area (Å²) in [7, 11) is 0. The van der Waals surface area contributed by atoms with Crippen LogP contribution in [-0.2, 0) is 14.3 Å². The van der Waals surface area contributed by atoms with Gasteiger partial charge in [-0.2, -0.15) is 0 Å². The lowest BCUT2D eigenvalue weighted by Gasteiger charge is -2.18. The quantitative estimate of drug-likeness (QED) is 0.803. The monoisotopic (exact) mass is 347 g/mol. The molecule has 2 heterocycles. The Kier molecular flexibility index (Phi) is 5.81. The second-order valence-corrected chi connectivity index (χ2v) is 6.25. The molecule has 1 aliphatic rings. The third kappa shape index (κ3) is 4.27. The lowest BCUT2D eigenvalue weighted by molar-refractivity contribution is -0.145. The Morgan fingerprint density at radius 3 is 3.16 bits per heavy atom. The van der Waals surface area contributed by atoms with Gasteiger partial charge in [-0.1, -0.05) is 0 Å². The van der Waals surface area contributed by atoms with Crippen LogP contribution in [0.2, 0.25) is 0 Å². The Morgan fingerprint density at radius 2 is 2.58 bits per heavy atom. The minimum Gasteiger partial charge on any atom is -0.465 e. The average Bonchev–Trinajstić information content (AvgIpc) is 3.02. The molecule has 0 aromatic carbocycles. The predicted molar refractivity (Wildman–Crippen MR) is 78.4 cm³/mol. The summed E-state index contributed by atoms with van der Waals surface area (Å²) in [6.07, 6.45) is 2.36. The molecule has 2 unspecified atom stereocenters. The number of carbonyl (C=O) groups is 1. The summed E-state index contributed by atoms with van der Waals surface area (Å²) in [6.45, 7) is 3.71. The van der Waals surface area contributed by atoms with Gasteiger partial charge in [0, 0.05) is 27.9 Å². The zero-order valence-electron chi connectivity index (χ0n) is 10.9. The van der Waals surface area contributed by atoms with Crippen LogP contribution in [0.15, 0.2) is 15.9 Å². The molecule has 106 valence electrons. The molecular weight excluding hydrogens is 330 g/mol. The van der Waals surface area contributed by atoms with Crippen LogP contribution in [0.3, 0.4) is 0 Å². The molecular formula is C13H18BrNO3S. The van der Waals surface area contributed by atoms with Gasteiger partial charge >= 0.3 is 5.97 Å². The number of nitrogens with one attached hydrogen (secondary N) is 1. The topological polar surface area (TPSA) is 47.6 Å². The average molecular weight is 348 g/mol. The molecule has 1 aromatic rings. The summed E-state index contributed by atoms with van der Waals surface area (Å²) >= 11 is 4.96. The highest BCUT2D eigenvalue weighted by atomic mass is 79.9. The Labute approximate surface area is 125 Å². The van der Waals surface area contributed by atoms with Gasteiger partial charge in [0.05, 0.1) is 12.7 Å². The zero-order chi connectivity index (χ0) is 13.7. The molecule has 0 radical (unpaired) electrons. The van der Waals surface area contributed by atoms with Crippen molar-refractivity contribution in [3.8, 4) is 0 Å². The summed E-state index contributed by atoms with van der Waals surface area (Å²) in [6, 6.07) is 1.55.